The summed E-state index contributed by atoms with van der Waals surface area (Å²) in [6.07, 6.45) is 7.85. The Morgan fingerprint density at radius 3 is 2.56 bits per heavy atom. The third kappa shape index (κ3) is 4.66. The molecule has 0 saturated carbocycles. The highest BCUT2D eigenvalue weighted by atomic mass is 19.1. The molecule has 0 aliphatic carbocycles. The lowest BCUT2D eigenvalue weighted by molar-refractivity contribution is 0.627. The van der Waals surface area contributed by atoms with Crippen LogP contribution in [0.1, 0.15) is 12.0 Å². The van der Waals surface area contributed by atoms with Crippen LogP contribution < -0.4 is 16.4 Å². The zero-order chi connectivity index (χ0) is 17.5. The Morgan fingerprint density at radius 1 is 1.08 bits per heavy atom. The molecule has 0 radical (unpaired) electrons. The van der Waals surface area contributed by atoms with Crippen molar-refractivity contribution in [3.8, 4) is 0 Å². The van der Waals surface area contributed by atoms with Crippen LogP contribution in [0.2, 0.25) is 0 Å². The molecule has 8 heteroatoms. The van der Waals surface area contributed by atoms with E-state index in [0.29, 0.717) is 23.9 Å². The lowest BCUT2D eigenvalue weighted by Gasteiger charge is -2.12. The molecule has 0 unspecified atom stereocenters. The van der Waals surface area contributed by atoms with Gasteiger partial charge in [-0.15, -0.1) is 0 Å². The number of anilines is 3. The van der Waals surface area contributed by atoms with Crippen LogP contribution >= 0.6 is 0 Å². The van der Waals surface area contributed by atoms with E-state index in [1.165, 1.54) is 18.5 Å². The number of halogens is 1. The van der Waals surface area contributed by atoms with Gasteiger partial charge in [0.1, 0.15) is 17.8 Å². The fourth-order valence-electron chi connectivity index (χ4n) is 2.35. The summed E-state index contributed by atoms with van der Waals surface area (Å²) in [5.41, 5.74) is 7.53. The van der Waals surface area contributed by atoms with E-state index >= 15 is 0 Å². The summed E-state index contributed by atoms with van der Waals surface area (Å²) in [4.78, 5) is 12.4. The number of hydrogen-bond donors (Lipinski definition) is 3. The van der Waals surface area contributed by atoms with Crippen molar-refractivity contribution < 1.29 is 4.39 Å². The number of aromatic nitrogens is 4. The van der Waals surface area contributed by atoms with Crippen molar-refractivity contribution in [2.45, 2.75) is 19.5 Å². The van der Waals surface area contributed by atoms with E-state index in [1.807, 2.05) is 10.8 Å². The molecule has 0 aliphatic rings. The Balaban J connectivity index is 1.53. The first-order valence-corrected chi connectivity index (χ1v) is 8.01. The first kappa shape index (κ1) is 16.7. The lowest BCUT2D eigenvalue weighted by Crippen LogP contribution is -2.11. The summed E-state index contributed by atoms with van der Waals surface area (Å²) >= 11 is 0. The Kier molecular flexibility index (Phi) is 5.40. The van der Waals surface area contributed by atoms with Crippen LogP contribution in [0, 0.1) is 5.82 Å². The maximum atomic E-state index is 12.9. The number of hydrogen-bond acceptors (Lipinski definition) is 6. The lowest BCUT2D eigenvalue weighted by atomic mass is 10.2. The normalized spacial score (nSPS) is 10.6. The highest BCUT2D eigenvalue weighted by molar-refractivity contribution is 5.73. The molecule has 0 spiro atoms. The number of nitrogens with one attached hydrogen (secondary N) is 2. The molecular formula is C17H20FN7. The molecule has 0 atom stereocenters. The number of aryl methyl sites for hydroxylation is 1. The average Bonchev–Trinajstić information content (AvgIpc) is 3.14. The minimum Gasteiger partial charge on any atom is -0.393 e. The van der Waals surface area contributed by atoms with Crippen LogP contribution in [0.3, 0.4) is 0 Å². The van der Waals surface area contributed by atoms with E-state index in [4.69, 9.17) is 5.73 Å². The second-order valence-electron chi connectivity index (χ2n) is 5.55. The van der Waals surface area contributed by atoms with E-state index in [0.717, 1.165) is 25.1 Å². The van der Waals surface area contributed by atoms with Crippen molar-refractivity contribution in [3.05, 3.63) is 60.7 Å². The number of nitrogens with zero attached hydrogens (tertiary/aromatic N) is 4. The molecule has 2 aromatic heterocycles. The summed E-state index contributed by atoms with van der Waals surface area (Å²) in [6.45, 7) is 2.10. The van der Waals surface area contributed by atoms with Crippen LogP contribution in [0.25, 0.3) is 0 Å². The van der Waals surface area contributed by atoms with Crippen molar-refractivity contribution in [2.75, 3.05) is 22.9 Å². The van der Waals surface area contributed by atoms with E-state index < -0.39 is 0 Å². The SMILES string of the molecule is Nc1c(NCCCn2ccnc2)ncnc1NCc1ccc(F)cc1. The summed E-state index contributed by atoms with van der Waals surface area (Å²) in [6, 6.07) is 6.28. The predicted molar refractivity (Wildman–Crippen MR) is 95.5 cm³/mol. The summed E-state index contributed by atoms with van der Waals surface area (Å²) in [5, 5.41) is 6.37. The van der Waals surface area contributed by atoms with Crippen molar-refractivity contribution >= 4 is 17.3 Å². The quantitative estimate of drug-likeness (QED) is 0.545. The Bertz CT molecular complexity index is 787. The molecule has 0 bridgehead atoms. The second kappa shape index (κ2) is 8.09. The maximum absolute atomic E-state index is 12.9. The van der Waals surface area contributed by atoms with Crippen molar-refractivity contribution in [1.29, 1.82) is 0 Å². The van der Waals surface area contributed by atoms with Gasteiger partial charge in [-0.05, 0) is 24.1 Å². The highest BCUT2D eigenvalue weighted by Gasteiger charge is 2.07. The van der Waals surface area contributed by atoms with Gasteiger partial charge in [0.25, 0.3) is 0 Å². The van der Waals surface area contributed by atoms with Gasteiger partial charge in [0.2, 0.25) is 0 Å². The fourth-order valence-corrected chi connectivity index (χ4v) is 2.35. The second-order valence-corrected chi connectivity index (χ2v) is 5.55. The van der Waals surface area contributed by atoms with Crippen molar-refractivity contribution in [3.63, 3.8) is 0 Å². The molecule has 2 heterocycles. The molecule has 0 fully saturated rings. The zero-order valence-corrected chi connectivity index (χ0v) is 13.7. The summed E-state index contributed by atoms with van der Waals surface area (Å²) in [7, 11) is 0. The van der Waals surface area contributed by atoms with E-state index in [-0.39, 0.29) is 5.82 Å². The molecule has 4 N–H and O–H groups in total. The predicted octanol–water partition coefficient (Wildman–Crippen LogP) is 2.51. The number of nitrogen functional groups attached to an aromatic ring is 1. The van der Waals surface area contributed by atoms with Gasteiger partial charge in [0, 0.05) is 32.0 Å². The first-order valence-electron chi connectivity index (χ1n) is 8.01. The topological polar surface area (TPSA) is 93.7 Å². The number of rotatable bonds is 8. The molecular weight excluding hydrogens is 321 g/mol. The minimum absolute atomic E-state index is 0.257. The monoisotopic (exact) mass is 341 g/mol. The standard InChI is InChI=1S/C17H20FN7/c18-14-4-2-13(3-5-14)10-22-17-15(19)16(23-11-24-17)21-6-1-8-25-9-7-20-12-25/h2-5,7,9,11-12H,1,6,8,10,19H2,(H2,21,22,23,24). The van der Waals surface area contributed by atoms with Crippen molar-refractivity contribution in [1.82, 2.24) is 19.5 Å². The van der Waals surface area contributed by atoms with Crippen LogP contribution in [0.4, 0.5) is 21.7 Å². The maximum Gasteiger partial charge on any atom is 0.155 e. The zero-order valence-electron chi connectivity index (χ0n) is 13.7. The molecule has 1 aromatic carbocycles. The molecule has 0 saturated heterocycles. The van der Waals surface area contributed by atoms with Crippen molar-refractivity contribution in [2.24, 2.45) is 0 Å². The van der Waals surface area contributed by atoms with Gasteiger partial charge in [-0.2, -0.15) is 0 Å². The highest BCUT2D eigenvalue weighted by Crippen LogP contribution is 2.22. The first-order chi connectivity index (χ1) is 12.2. The number of nitrogens with two attached hydrogens (primary N) is 1. The number of imidazole rings is 1. The molecule has 3 aromatic rings. The Labute approximate surface area is 145 Å². The van der Waals surface area contributed by atoms with Gasteiger partial charge in [-0.25, -0.2) is 19.3 Å². The Hall–Kier alpha value is -3.16. The van der Waals surface area contributed by atoms with Gasteiger partial charge in [0.15, 0.2) is 11.6 Å². The van der Waals surface area contributed by atoms with Gasteiger partial charge < -0.3 is 20.9 Å². The van der Waals surface area contributed by atoms with Crippen LogP contribution in [-0.2, 0) is 13.1 Å². The molecule has 3 rings (SSSR count). The molecule has 25 heavy (non-hydrogen) atoms. The molecule has 0 aliphatic heterocycles. The van der Waals surface area contributed by atoms with Crippen LogP contribution in [-0.4, -0.2) is 26.1 Å². The fraction of sp³-hybridized carbons (Fsp3) is 0.235. The molecule has 0 amide bonds. The average molecular weight is 341 g/mol. The van der Waals surface area contributed by atoms with Crippen LogP contribution in [0.5, 0.6) is 0 Å². The van der Waals surface area contributed by atoms with Gasteiger partial charge in [-0.3, -0.25) is 0 Å². The van der Waals surface area contributed by atoms with E-state index in [9.17, 15) is 4.39 Å². The smallest absolute Gasteiger partial charge is 0.155 e. The summed E-state index contributed by atoms with van der Waals surface area (Å²) < 4.78 is 14.9. The summed E-state index contributed by atoms with van der Waals surface area (Å²) in [5.74, 6) is 0.895. The van der Waals surface area contributed by atoms with Gasteiger partial charge >= 0.3 is 0 Å². The van der Waals surface area contributed by atoms with Gasteiger partial charge in [0.05, 0.1) is 6.33 Å². The largest absolute Gasteiger partial charge is 0.393 e. The third-order valence-corrected chi connectivity index (χ3v) is 3.70. The molecule has 130 valence electrons. The van der Waals surface area contributed by atoms with Crippen LogP contribution in [0.15, 0.2) is 49.3 Å². The van der Waals surface area contributed by atoms with Gasteiger partial charge in [-0.1, -0.05) is 12.1 Å². The van der Waals surface area contributed by atoms with E-state index in [1.54, 1.807) is 24.7 Å². The minimum atomic E-state index is -0.257. The van der Waals surface area contributed by atoms with E-state index in [2.05, 4.69) is 25.6 Å². The molecule has 7 nitrogen and oxygen atoms in total. The third-order valence-electron chi connectivity index (χ3n) is 3.70. The number of benzene rings is 1. The Morgan fingerprint density at radius 2 is 1.84 bits per heavy atom.